The maximum atomic E-state index is 13.2. The summed E-state index contributed by atoms with van der Waals surface area (Å²) in [5.74, 6) is -2.00. The Kier molecular flexibility index (Phi) is 5.97. The second-order valence-corrected chi connectivity index (χ2v) is 8.19. The molecule has 2 aromatic carbocycles. The van der Waals surface area contributed by atoms with Crippen LogP contribution in [0.25, 0.3) is 5.76 Å². The van der Waals surface area contributed by atoms with Gasteiger partial charge in [0.1, 0.15) is 16.4 Å². The molecule has 0 spiro atoms. The van der Waals surface area contributed by atoms with Crippen molar-refractivity contribution in [2.24, 2.45) is 0 Å². The average Bonchev–Trinajstić information content (AvgIpc) is 3.35. The minimum atomic E-state index is -0.927. The van der Waals surface area contributed by atoms with Gasteiger partial charge in [-0.15, -0.1) is 0 Å². The number of thiazole rings is 1. The van der Waals surface area contributed by atoms with Crippen molar-refractivity contribution in [3.63, 3.8) is 0 Å². The number of aliphatic hydroxyl groups excluding tert-OH is 1. The summed E-state index contributed by atoms with van der Waals surface area (Å²) in [6.45, 7) is 1.62. The fourth-order valence-electron chi connectivity index (χ4n) is 3.65. The molecule has 1 aromatic heterocycles. The van der Waals surface area contributed by atoms with Crippen molar-refractivity contribution in [3.05, 3.63) is 81.9 Å². The zero-order chi connectivity index (χ0) is 23.7. The van der Waals surface area contributed by atoms with Crippen molar-refractivity contribution >= 4 is 39.9 Å². The molecule has 4 rings (SSSR count). The summed E-state index contributed by atoms with van der Waals surface area (Å²) in [7, 11) is 2.78. The molecule has 1 N–H and O–H groups in total. The topological polar surface area (TPSA) is 106 Å². The number of rotatable bonds is 5. The summed E-state index contributed by atoms with van der Waals surface area (Å²) < 4.78 is 9.94. The Bertz CT molecular complexity index is 1260. The Morgan fingerprint density at radius 3 is 2.33 bits per heavy atom. The lowest BCUT2D eigenvalue weighted by molar-refractivity contribution is -0.132. The number of ether oxygens (including phenoxy) is 2. The van der Waals surface area contributed by atoms with E-state index in [0.717, 1.165) is 11.3 Å². The maximum absolute atomic E-state index is 13.2. The maximum Gasteiger partial charge on any atom is 0.350 e. The SMILES string of the molecule is COC(=O)c1sc(N2C(=O)C(=O)/C(=C(/O)c3ccc(OC)cc3)[C@H]2c2ccccc2)nc1C. The number of esters is 1. The molecule has 0 saturated carbocycles. The first-order valence-electron chi connectivity index (χ1n) is 9.93. The number of benzene rings is 2. The summed E-state index contributed by atoms with van der Waals surface area (Å²) in [6.07, 6.45) is 0. The van der Waals surface area contributed by atoms with E-state index < -0.39 is 23.7 Å². The number of ketones is 1. The zero-order valence-electron chi connectivity index (χ0n) is 18.1. The van der Waals surface area contributed by atoms with Crippen molar-refractivity contribution in [2.75, 3.05) is 19.1 Å². The van der Waals surface area contributed by atoms with Crippen molar-refractivity contribution in [3.8, 4) is 5.75 Å². The monoisotopic (exact) mass is 464 g/mol. The molecule has 1 atom stereocenters. The van der Waals surface area contributed by atoms with Crippen LogP contribution in [-0.4, -0.2) is 42.0 Å². The molecule has 33 heavy (non-hydrogen) atoms. The number of hydrogen-bond acceptors (Lipinski definition) is 8. The molecule has 1 saturated heterocycles. The van der Waals surface area contributed by atoms with E-state index in [0.29, 0.717) is 22.6 Å². The molecular weight excluding hydrogens is 444 g/mol. The Hall–Kier alpha value is -3.98. The summed E-state index contributed by atoms with van der Waals surface area (Å²) in [5, 5.41) is 11.3. The molecule has 0 bridgehead atoms. The molecule has 168 valence electrons. The van der Waals surface area contributed by atoms with Gasteiger partial charge in [-0.2, -0.15) is 0 Å². The number of amides is 1. The highest BCUT2D eigenvalue weighted by Gasteiger charge is 2.48. The van der Waals surface area contributed by atoms with Crippen LogP contribution in [0.15, 0.2) is 60.2 Å². The summed E-state index contributed by atoms with van der Waals surface area (Å²) in [6, 6.07) is 14.4. The molecule has 9 heteroatoms. The third-order valence-corrected chi connectivity index (χ3v) is 6.42. The zero-order valence-corrected chi connectivity index (χ0v) is 18.9. The van der Waals surface area contributed by atoms with Crippen LogP contribution in [0.2, 0.25) is 0 Å². The first kappa shape index (κ1) is 22.2. The van der Waals surface area contributed by atoms with Crippen LogP contribution in [-0.2, 0) is 14.3 Å². The Morgan fingerprint density at radius 2 is 1.73 bits per heavy atom. The minimum absolute atomic E-state index is 0.0659. The second kappa shape index (κ2) is 8.87. The van der Waals surface area contributed by atoms with E-state index in [-0.39, 0.29) is 21.3 Å². The van der Waals surface area contributed by atoms with Crippen LogP contribution in [0.4, 0.5) is 5.13 Å². The number of nitrogens with zero attached hydrogens (tertiary/aromatic N) is 2. The van der Waals surface area contributed by atoms with Crippen molar-refractivity contribution in [2.45, 2.75) is 13.0 Å². The smallest absolute Gasteiger partial charge is 0.350 e. The third-order valence-electron chi connectivity index (χ3n) is 5.29. The highest BCUT2D eigenvalue weighted by atomic mass is 32.1. The quantitative estimate of drug-likeness (QED) is 0.264. The van der Waals surface area contributed by atoms with E-state index in [2.05, 4.69) is 4.98 Å². The molecule has 0 unspecified atom stereocenters. The van der Waals surface area contributed by atoms with Crippen LogP contribution in [0.3, 0.4) is 0 Å². The van der Waals surface area contributed by atoms with Gasteiger partial charge in [-0.3, -0.25) is 14.5 Å². The lowest BCUT2D eigenvalue weighted by atomic mass is 9.95. The van der Waals surface area contributed by atoms with E-state index in [9.17, 15) is 19.5 Å². The molecule has 1 fully saturated rings. The fourth-order valence-corrected chi connectivity index (χ4v) is 4.66. The summed E-state index contributed by atoms with van der Waals surface area (Å²) >= 11 is 0.955. The fraction of sp³-hybridized carbons (Fsp3) is 0.167. The number of aryl methyl sites for hydroxylation is 1. The highest BCUT2D eigenvalue weighted by molar-refractivity contribution is 7.17. The number of carbonyl (C=O) groups excluding carboxylic acids is 3. The summed E-state index contributed by atoms with van der Waals surface area (Å²) in [5.41, 5.74) is 1.29. The minimum Gasteiger partial charge on any atom is -0.507 e. The molecule has 1 amide bonds. The standard InChI is InChI=1S/C24H20N2O6S/c1-13-21(23(30)32-3)33-24(25-13)26-18(14-7-5-4-6-8-14)17(20(28)22(26)29)19(27)15-9-11-16(31-2)12-10-15/h4-12,18,27H,1-3H3/b19-17+/t18-/m1/s1. The van der Waals surface area contributed by atoms with Gasteiger partial charge in [-0.25, -0.2) is 9.78 Å². The molecule has 1 aliphatic heterocycles. The van der Waals surface area contributed by atoms with Gasteiger partial charge < -0.3 is 14.6 Å². The normalized spacial score (nSPS) is 17.3. The van der Waals surface area contributed by atoms with Gasteiger partial charge in [-0.05, 0) is 36.8 Å². The third kappa shape index (κ3) is 3.87. The molecule has 3 aromatic rings. The predicted octanol–water partition coefficient (Wildman–Crippen LogP) is 3.87. The van der Waals surface area contributed by atoms with Gasteiger partial charge in [0.25, 0.3) is 5.78 Å². The number of hydrogen-bond donors (Lipinski definition) is 1. The van der Waals surface area contributed by atoms with Crippen molar-refractivity contribution in [1.82, 2.24) is 4.98 Å². The molecule has 1 aliphatic rings. The molecule has 0 radical (unpaired) electrons. The highest BCUT2D eigenvalue weighted by Crippen LogP contribution is 2.43. The van der Waals surface area contributed by atoms with E-state index >= 15 is 0 Å². The molecule has 2 heterocycles. The first-order chi connectivity index (χ1) is 15.9. The Morgan fingerprint density at radius 1 is 1.06 bits per heavy atom. The van der Waals surface area contributed by atoms with E-state index in [1.54, 1.807) is 55.5 Å². The van der Waals surface area contributed by atoms with E-state index in [4.69, 9.17) is 9.47 Å². The van der Waals surface area contributed by atoms with Gasteiger partial charge in [0.2, 0.25) is 0 Å². The van der Waals surface area contributed by atoms with Crippen LogP contribution in [0.5, 0.6) is 5.75 Å². The van der Waals surface area contributed by atoms with Gasteiger partial charge in [0, 0.05) is 5.56 Å². The number of aromatic nitrogens is 1. The number of methoxy groups -OCH3 is 2. The lowest BCUT2D eigenvalue weighted by Gasteiger charge is -2.23. The Labute approximate surface area is 193 Å². The number of anilines is 1. The van der Waals surface area contributed by atoms with Crippen LogP contribution in [0, 0.1) is 6.92 Å². The van der Waals surface area contributed by atoms with Gasteiger partial charge in [0.15, 0.2) is 5.13 Å². The average molecular weight is 464 g/mol. The van der Waals surface area contributed by atoms with Gasteiger partial charge in [-0.1, -0.05) is 41.7 Å². The molecular formula is C24H20N2O6S. The van der Waals surface area contributed by atoms with Gasteiger partial charge in [0.05, 0.1) is 31.5 Å². The van der Waals surface area contributed by atoms with Crippen LogP contribution < -0.4 is 9.64 Å². The number of carbonyl (C=O) groups is 3. The van der Waals surface area contributed by atoms with Crippen LogP contribution >= 0.6 is 11.3 Å². The largest absolute Gasteiger partial charge is 0.507 e. The summed E-state index contributed by atoms with van der Waals surface area (Å²) in [4.78, 5) is 44.2. The molecule has 8 nitrogen and oxygen atoms in total. The van der Waals surface area contributed by atoms with Crippen LogP contribution in [0.1, 0.15) is 32.5 Å². The first-order valence-corrected chi connectivity index (χ1v) is 10.7. The van der Waals surface area contributed by atoms with Gasteiger partial charge >= 0.3 is 11.9 Å². The predicted molar refractivity (Wildman–Crippen MR) is 122 cm³/mol. The lowest BCUT2D eigenvalue weighted by Crippen LogP contribution is -2.29. The van der Waals surface area contributed by atoms with Crippen molar-refractivity contribution < 1.29 is 29.0 Å². The molecule has 0 aliphatic carbocycles. The van der Waals surface area contributed by atoms with E-state index in [1.807, 2.05) is 6.07 Å². The number of aliphatic hydroxyl groups is 1. The Balaban J connectivity index is 1.90. The second-order valence-electron chi connectivity index (χ2n) is 7.21. The number of Topliss-reactive ketones (excluding diaryl/α,β-unsaturated/α-hetero) is 1. The van der Waals surface area contributed by atoms with Crippen molar-refractivity contribution in [1.29, 1.82) is 0 Å². The van der Waals surface area contributed by atoms with E-state index in [1.165, 1.54) is 19.1 Å².